The second-order valence-electron chi connectivity index (χ2n) is 6.89. The number of carbonyl (C=O) groups excluding carboxylic acids is 3. The number of hydrogen-bond donors (Lipinski definition) is 2. The maximum atomic E-state index is 12.9. The van der Waals surface area contributed by atoms with Crippen LogP contribution in [0.1, 0.15) is 31.7 Å². The molecule has 4 amide bonds. The van der Waals surface area contributed by atoms with Gasteiger partial charge in [-0.25, -0.2) is 9.18 Å². The molecular formula is C18H22FN3O3. The van der Waals surface area contributed by atoms with Crippen LogP contribution in [0, 0.1) is 11.7 Å². The third kappa shape index (κ3) is 3.65. The second kappa shape index (κ2) is 6.82. The molecule has 0 aromatic heterocycles. The Morgan fingerprint density at radius 2 is 1.88 bits per heavy atom. The Balaban J connectivity index is 1.50. The average molecular weight is 347 g/mol. The van der Waals surface area contributed by atoms with Gasteiger partial charge in [-0.05, 0) is 49.8 Å². The van der Waals surface area contributed by atoms with Crippen LogP contribution in [0.2, 0.25) is 0 Å². The highest BCUT2D eigenvalue weighted by atomic mass is 19.1. The van der Waals surface area contributed by atoms with Crippen LogP contribution < -0.4 is 10.6 Å². The van der Waals surface area contributed by atoms with Crippen LogP contribution in [0.3, 0.4) is 0 Å². The van der Waals surface area contributed by atoms with Gasteiger partial charge in [0.1, 0.15) is 11.4 Å². The number of aryl methyl sites for hydroxylation is 1. The summed E-state index contributed by atoms with van der Waals surface area (Å²) in [7, 11) is 0. The summed E-state index contributed by atoms with van der Waals surface area (Å²) in [4.78, 5) is 37.6. The first kappa shape index (κ1) is 17.4. The number of hydrogen-bond acceptors (Lipinski definition) is 3. The largest absolute Gasteiger partial charge is 0.343 e. The summed E-state index contributed by atoms with van der Waals surface area (Å²) in [5, 5.41) is 5.00. The quantitative estimate of drug-likeness (QED) is 0.812. The van der Waals surface area contributed by atoms with Crippen molar-refractivity contribution in [2.75, 3.05) is 13.1 Å². The van der Waals surface area contributed by atoms with Gasteiger partial charge in [0.2, 0.25) is 5.91 Å². The molecule has 2 aliphatic heterocycles. The van der Waals surface area contributed by atoms with Gasteiger partial charge in [0.05, 0.1) is 0 Å². The molecule has 0 spiro atoms. The fourth-order valence-corrected chi connectivity index (χ4v) is 3.61. The third-order valence-corrected chi connectivity index (χ3v) is 5.28. The Morgan fingerprint density at radius 3 is 2.44 bits per heavy atom. The van der Waals surface area contributed by atoms with Crippen LogP contribution in [-0.4, -0.2) is 41.4 Å². The molecule has 25 heavy (non-hydrogen) atoms. The van der Waals surface area contributed by atoms with Crippen LogP contribution in [0.4, 0.5) is 9.18 Å². The number of halogens is 1. The van der Waals surface area contributed by atoms with E-state index in [2.05, 4.69) is 10.6 Å². The van der Waals surface area contributed by atoms with Gasteiger partial charge in [0.25, 0.3) is 5.91 Å². The lowest BCUT2D eigenvalue weighted by atomic mass is 9.79. The van der Waals surface area contributed by atoms with Crippen LogP contribution >= 0.6 is 0 Å². The van der Waals surface area contributed by atoms with Crippen LogP contribution in [0.15, 0.2) is 24.3 Å². The summed E-state index contributed by atoms with van der Waals surface area (Å²) in [5.41, 5.74) is 0.0443. The van der Waals surface area contributed by atoms with Crippen molar-refractivity contribution in [2.45, 2.75) is 38.1 Å². The summed E-state index contributed by atoms with van der Waals surface area (Å²) in [6.45, 7) is 2.89. The maximum absolute atomic E-state index is 12.9. The van der Waals surface area contributed by atoms with Gasteiger partial charge in [-0.3, -0.25) is 14.9 Å². The average Bonchev–Trinajstić information content (AvgIpc) is 2.87. The van der Waals surface area contributed by atoms with Gasteiger partial charge < -0.3 is 10.2 Å². The molecule has 2 N–H and O–H groups in total. The molecule has 1 aromatic rings. The maximum Gasteiger partial charge on any atom is 0.322 e. The Hall–Kier alpha value is -2.44. The van der Waals surface area contributed by atoms with E-state index in [-0.39, 0.29) is 23.5 Å². The van der Waals surface area contributed by atoms with Gasteiger partial charge in [-0.1, -0.05) is 12.1 Å². The zero-order chi connectivity index (χ0) is 18.0. The molecule has 0 bridgehead atoms. The van der Waals surface area contributed by atoms with E-state index in [1.54, 1.807) is 24.0 Å². The van der Waals surface area contributed by atoms with E-state index in [4.69, 9.17) is 0 Å². The van der Waals surface area contributed by atoms with Gasteiger partial charge in [0.15, 0.2) is 0 Å². The van der Waals surface area contributed by atoms with Gasteiger partial charge >= 0.3 is 6.03 Å². The predicted octanol–water partition coefficient (Wildman–Crippen LogP) is 1.59. The molecule has 7 heteroatoms. The number of likely N-dealkylation sites (tertiary alicyclic amines) is 1. The van der Waals surface area contributed by atoms with E-state index in [1.165, 1.54) is 12.1 Å². The standard InChI is InChI=1S/C18H22FN3O3/c1-18(16(24)20-17(25)21-18)13-8-10-22(11-9-13)15(23)7-4-12-2-5-14(19)6-3-12/h2-3,5-6,13H,4,7-11H2,1H3,(H2,20,21,24,25)/t18-/m1/s1. The van der Waals surface area contributed by atoms with E-state index in [0.717, 1.165) is 5.56 Å². The number of nitrogens with one attached hydrogen (secondary N) is 2. The first-order valence-electron chi connectivity index (χ1n) is 8.54. The topological polar surface area (TPSA) is 78.5 Å². The Morgan fingerprint density at radius 1 is 1.24 bits per heavy atom. The van der Waals surface area contributed by atoms with Gasteiger partial charge in [0, 0.05) is 19.5 Å². The lowest BCUT2D eigenvalue weighted by Crippen LogP contribution is -2.54. The number of amides is 4. The monoisotopic (exact) mass is 347 g/mol. The van der Waals surface area contributed by atoms with Crippen molar-refractivity contribution >= 4 is 17.8 Å². The zero-order valence-corrected chi connectivity index (χ0v) is 14.2. The minimum absolute atomic E-state index is 0.0140. The number of benzene rings is 1. The third-order valence-electron chi connectivity index (χ3n) is 5.28. The molecule has 1 atom stereocenters. The summed E-state index contributed by atoms with van der Waals surface area (Å²) < 4.78 is 12.9. The molecule has 1 aromatic carbocycles. The van der Waals surface area contributed by atoms with Crippen LogP contribution in [0.5, 0.6) is 0 Å². The van der Waals surface area contributed by atoms with E-state index >= 15 is 0 Å². The minimum Gasteiger partial charge on any atom is -0.343 e. The van der Waals surface area contributed by atoms with Crippen LogP contribution in [0.25, 0.3) is 0 Å². The first-order chi connectivity index (χ1) is 11.9. The van der Waals surface area contributed by atoms with Crippen molar-refractivity contribution in [1.29, 1.82) is 0 Å². The minimum atomic E-state index is -0.889. The Labute approximate surface area is 145 Å². The number of carbonyl (C=O) groups is 3. The zero-order valence-electron chi connectivity index (χ0n) is 14.2. The lowest BCUT2D eigenvalue weighted by Gasteiger charge is -2.38. The molecule has 6 nitrogen and oxygen atoms in total. The highest BCUT2D eigenvalue weighted by Crippen LogP contribution is 2.30. The molecule has 0 saturated carbocycles. The molecule has 134 valence electrons. The fraction of sp³-hybridized carbons (Fsp3) is 0.500. The van der Waals surface area contributed by atoms with Crippen molar-refractivity contribution in [2.24, 2.45) is 5.92 Å². The summed E-state index contributed by atoms with van der Waals surface area (Å²) in [5.74, 6) is -0.500. The number of rotatable bonds is 4. The smallest absolute Gasteiger partial charge is 0.322 e. The van der Waals surface area contributed by atoms with E-state index < -0.39 is 11.6 Å². The molecule has 0 unspecified atom stereocenters. The van der Waals surface area contributed by atoms with Crippen molar-refractivity contribution < 1.29 is 18.8 Å². The summed E-state index contributed by atoms with van der Waals surface area (Å²) in [6, 6.07) is 5.72. The highest BCUT2D eigenvalue weighted by molar-refractivity contribution is 6.07. The van der Waals surface area contributed by atoms with Crippen molar-refractivity contribution in [1.82, 2.24) is 15.5 Å². The Kier molecular flexibility index (Phi) is 4.74. The van der Waals surface area contributed by atoms with Gasteiger partial charge in [-0.2, -0.15) is 0 Å². The fourth-order valence-electron chi connectivity index (χ4n) is 3.61. The molecule has 3 rings (SSSR count). The van der Waals surface area contributed by atoms with Gasteiger partial charge in [-0.15, -0.1) is 0 Å². The Bertz CT molecular complexity index is 683. The van der Waals surface area contributed by atoms with E-state index in [1.807, 2.05) is 0 Å². The normalized spacial score (nSPS) is 24.2. The van der Waals surface area contributed by atoms with Crippen LogP contribution in [-0.2, 0) is 16.0 Å². The molecule has 2 heterocycles. The van der Waals surface area contributed by atoms with E-state index in [0.29, 0.717) is 38.8 Å². The van der Waals surface area contributed by atoms with Crippen molar-refractivity contribution in [3.05, 3.63) is 35.6 Å². The molecule has 0 radical (unpaired) electrons. The SMILES string of the molecule is C[C@]1(C2CCN(C(=O)CCc3ccc(F)cc3)CC2)NC(=O)NC1=O. The summed E-state index contributed by atoms with van der Waals surface area (Å²) >= 11 is 0. The lowest BCUT2D eigenvalue weighted by molar-refractivity contribution is -0.133. The first-order valence-corrected chi connectivity index (χ1v) is 8.54. The number of urea groups is 1. The molecule has 0 aliphatic carbocycles. The van der Waals surface area contributed by atoms with Crippen molar-refractivity contribution in [3.63, 3.8) is 0 Å². The number of nitrogens with zero attached hydrogens (tertiary/aromatic N) is 1. The number of piperidine rings is 1. The predicted molar refractivity (Wildman–Crippen MR) is 89.1 cm³/mol. The van der Waals surface area contributed by atoms with E-state index in [9.17, 15) is 18.8 Å². The summed E-state index contributed by atoms with van der Waals surface area (Å²) in [6.07, 6.45) is 2.30. The number of imide groups is 1. The molecular weight excluding hydrogens is 325 g/mol. The second-order valence-corrected chi connectivity index (χ2v) is 6.89. The highest BCUT2D eigenvalue weighted by Gasteiger charge is 2.48. The molecule has 2 fully saturated rings. The molecule has 2 saturated heterocycles. The molecule has 2 aliphatic rings. The van der Waals surface area contributed by atoms with Crippen molar-refractivity contribution in [3.8, 4) is 0 Å².